The quantitative estimate of drug-likeness (QED) is 0.602. The summed E-state index contributed by atoms with van der Waals surface area (Å²) in [6, 6.07) is 5.79. The number of unbranched alkanes of at least 4 members (excludes halogenated alkanes) is 2. The highest BCUT2D eigenvalue weighted by atomic mass is 32.1. The Labute approximate surface area is 120 Å². The number of ether oxygens (including phenoxy) is 1. The fourth-order valence-corrected chi connectivity index (χ4v) is 2.29. The monoisotopic (exact) mass is 294 g/mol. The van der Waals surface area contributed by atoms with E-state index in [0.717, 1.165) is 30.8 Å². The van der Waals surface area contributed by atoms with Crippen molar-refractivity contribution < 1.29 is 13.9 Å². The van der Waals surface area contributed by atoms with Gasteiger partial charge in [0.15, 0.2) is 4.88 Å². The fraction of sp³-hybridized carbons (Fsp3) is 0.357. The number of carbonyl (C=O) groups is 1. The summed E-state index contributed by atoms with van der Waals surface area (Å²) in [5, 5.41) is 3.93. The summed E-state index contributed by atoms with van der Waals surface area (Å²) >= 11 is 0.991. The molecular weight excluding hydrogens is 279 g/mol. The third-order valence-electron chi connectivity index (χ3n) is 2.77. The van der Waals surface area contributed by atoms with E-state index in [-0.39, 0.29) is 5.82 Å². The SMILES string of the molecule is CCCCCOC(=O)c1snnc1-c1ccc(F)cc1. The molecule has 0 aliphatic heterocycles. The number of halogens is 1. The van der Waals surface area contributed by atoms with Crippen molar-refractivity contribution in [3.63, 3.8) is 0 Å². The van der Waals surface area contributed by atoms with Crippen molar-refractivity contribution in [1.29, 1.82) is 0 Å². The molecule has 1 heterocycles. The number of hydrogen-bond donors (Lipinski definition) is 0. The lowest BCUT2D eigenvalue weighted by molar-refractivity contribution is 0.0504. The Hall–Kier alpha value is -1.82. The van der Waals surface area contributed by atoms with Crippen LogP contribution in [0.5, 0.6) is 0 Å². The molecule has 1 aromatic carbocycles. The summed E-state index contributed by atoms with van der Waals surface area (Å²) in [5.41, 5.74) is 1.09. The maximum absolute atomic E-state index is 12.9. The van der Waals surface area contributed by atoms with E-state index in [1.54, 1.807) is 12.1 Å². The van der Waals surface area contributed by atoms with Gasteiger partial charge in [0.05, 0.1) is 6.61 Å². The molecule has 0 spiro atoms. The van der Waals surface area contributed by atoms with Gasteiger partial charge in [-0.1, -0.05) is 24.3 Å². The van der Waals surface area contributed by atoms with Crippen LogP contribution in [0.25, 0.3) is 11.3 Å². The molecule has 0 saturated heterocycles. The minimum atomic E-state index is -0.421. The first-order valence-electron chi connectivity index (χ1n) is 6.47. The Kier molecular flexibility index (Phi) is 5.17. The predicted octanol–water partition coefficient (Wildman–Crippen LogP) is 3.69. The zero-order chi connectivity index (χ0) is 14.4. The van der Waals surface area contributed by atoms with Crippen LogP contribution in [-0.4, -0.2) is 22.2 Å². The average Bonchev–Trinajstić information content (AvgIpc) is 2.93. The predicted molar refractivity (Wildman–Crippen MR) is 75.1 cm³/mol. The lowest BCUT2D eigenvalue weighted by atomic mass is 10.1. The van der Waals surface area contributed by atoms with Gasteiger partial charge in [-0.25, -0.2) is 9.18 Å². The molecule has 0 aliphatic carbocycles. The summed E-state index contributed by atoms with van der Waals surface area (Å²) in [5.74, 6) is -0.754. The molecule has 0 aliphatic rings. The number of benzene rings is 1. The Morgan fingerprint density at radius 2 is 2.05 bits per heavy atom. The minimum absolute atomic E-state index is 0.333. The zero-order valence-corrected chi connectivity index (χ0v) is 12.0. The summed E-state index contributed by atoms with van der Waals surface area (Å²) < 4.78 is 21.9. The molecule has 0 bridgehead atoms. The van der Waals surface area contributed by atoms with Gasteiger partial charge in [-0.2, -0.15) is 0 Å². The largest absolute Gasteiger partial charge is 0.461 e. The van der Waals surface area contributed by atoms with Gasteiger partial charge < -0.3 is 4.74 Å². The van der Waals surface area contributed by atoms with Crippen molar-refractivity contribution in [2.75, 3.05) is 6.61 Å². The first-order chi connectivity index (χ1) is 9.72. The van der Waals surface area contributed by atoms with E-state index >= 15 is 0 Å². The smallest absolute Gasteiger partial charge is 0.352 e. The highest BCUT2D eigenvalue weighted by molar-refractivity contribution is 7.08. The molecule has 4 nitrogen and oxygen atoms in total. The van der Waals surface area contributed by atoms with Gasteiger partial charge in [0, 0.05) is 5.56 Å². The molecule has 6 heteroatoms. The summed E-state index contributed by atoms with van der Waals surface area (Å²) in [4.78, 5) is 12.3. The van der Waals surface area contributed by atoms with Crippen molar-refractivity contribution in [1.82, 2.24) is 9.59 Å². The van der Waals surface area contributed by atoms with E-state index in [0.29, 0.717) is 22.7 Å². The fourth-order valence-electron chi connectivity index (χ4n) is 1.70. The van der Waals surface area contributed by atoms with Crippen molar-refractivity contribution >= 4 is 17.5 Å². The first-order valence-corrected chi connectivity index (χ1v) is 7.25. The van der Waals surface area contributed by atoms with Crippen LogP contribution in [0.15, 0.2) is 24.3 Å². The molecule has 20 heavy (non-hydrogen) atoms. The second-order valence-corrected chi connectivity index (χ2v) is 5.05. The molecule has 106 valence electrons. The summed E-state index contributed by atoms with van der Waals surface area (Å²) in [6.45, 7) is 2.48. The van der Waals surface area contributed by atoms with Crippen LogP contribution in [0.3, 0.4) is 0 Å². The van der Waals surface area contributed by atoms with E-state index in [1.807, 2.05) is 0 Å². The van der Waals surface area contributed by atoms with Gasteiger partial charge >= 0.3 is 5.97 Å². The van der Waals surface area contributed by atoms with Crippen LogP contribution in [0.4, 0.5) is 4.39 Å². The molecule has 0 fully saturated rings. The minimum Gasteiger partial charge on any atom is -0.461 e. The molecule has 1 aromatic heterocycles. The van der Waals surface area contributed by atoms with Crippen molar-refractivity contribution in [3.8, 4) is 11.3 Å². The summed E-state index contributed by atoms with van der Waals surface area (Å²) in [6.07, 6.45) is 2.94. The maximum atomic E-state index is 12.9. The zero-order valence-electron chi connectivity index (χ0n) is 11.1. The Bertz CT molecular complexity index is 569. The van der Waals surface area contributed by atoms with Crippen LogP contribution in [0.2, 0.25) is 0 Å². The van der Waals surface area contributed by atoms with Gasteiger partial charge in [0.25, 0.3) is 0 Å². The number of rotatable bonds is 6. The van der Waals surface area contributed by atoms with E-state index in [1.165, 1.54) is 12.1 Å². The number of nitrogens with zero attached hydrogens (tertiary/aromatic N) is 2. The van der Waals surface area contributed by atoms with Crippen molar-refractivity contribution in [3.05, 3.63) is 35.0 Å². The van der Waals surface area contributed by atoms with Gasteiger partial charge in [0.1, 0.15) is 11.5 Å². The molecule has 0 atom stereocenters. The number of aromatic nitrogens is 2. The molecule has 0 radical (unpaired) electrons. The molecule has 0 N–H and O–H groups in total. The third-order valence-corrected chi connectivity index (χ3v) is 3.48. The Balaban J connectivity index is 2.08. The molecule has 2 rings (SSSR count). The topological polar surface area (TPSA) is 52.1 Å². The van der Waals surface area contributed by atoms with Crippen LogP contribution in [0.1, 0.15) is 35.9 Å². The van der Waals surface area contributed by atoms with Crippen LogP contribution in [-0.2, 0) is 4.74 Å². The standard InChI is InChI=1S/C14H15FN2O2S/c1-2-3-4-9-19-14(18)13-12(16-17-20-13)10-5-7-11(15)8-6-10/h5-8H,2-4,9H2,1H3. The Morgan fingerprint density at radius 3 is 2.75 bits per heavy atom. The maximum Gasteiger partial charge on any atom is 0.352 e. The van der Waals surface area contributed by atoms with Gasteiger partial charge in [-0.3, -0.25) is 0 Å². The highest BCUT2D eigenvalue weighted by Gasteiger charge is 2.19. The van der Waals surface area contributed by atoms with E-state index in [4.69, 9.17) is 4.74 Å². The van der Waals surface area contributed by atoms with Crippen molar-refractivity contribution in [2.24, 2.45) is 0 Å². The molecule has 0 saturated carbocycles. The van der Waals surface area contributed by atoms with Gasteiger partial charge in [-0.05, 0) is 42.2 Å². The average molecular weight is 294 g/mol. The highest BCUT2D eigenvalue weighted by Crippen LogP contribution is 2.24. The molecule has 0 unspecified atom stereocenters. The van der Waals surface area contributed by atoms with E-state index < -0.39 is 5.97 Å². The molecule has 2 aromatic rings. The first kappa shape index (κ1) is 14.6. The lowest BCUT2D eigenvalue weighted by Gasteiger charge is -2.03. The normalized spacial score (nSPS) is 10.5. The van der Waals surface area contributed by atoms with Crippen molar-refractivity contribution in [2.45, 2.75) is 26.2 Å². The van der Waals surface area contributed by atoms with Crippen LogP contribution >= 0.6 is 11.5 Å². The second-order valence-electron chi connectivity index (χ2n) is 4.30. The summed E-state index contributed by atoms with van der Waals surface area (Å²) in [7, 11) is 0. The number of carbonyl (C=O) groups excluding carboxylic acids is 1. The van der Waals surface area contributed by atoms with E-state index in [2.05, 4.69) is 16.5 Å². The molecule has 0 amide bonds. The number of esters is 1. The molecular formula is C14H15FN2O2S. The Morgan fingerprint density at radius 1 is 1.30 bits per heavy atom. The third kappa shape index (κ3) is 3.60. The van der Waals surface area contributed by atoms with E-state index in [9.17, 15) is 9.18 Å². The van der Waals surface area contributed by atoms with Crippen LogP contribution in [0, 0.1) is 5.82 Å². The van der Waals surface area contributed by atoms with Gasteiger partial charge in [-0.15, -0.1) is 5.10 Å². The van der Waals surface area contributed by atoms with Gasteiger partial charge in [0.2, 0.25) is 0 Å². The lowest BCUT2D eigenvalue weighted by Crippen LogP contribution is -2.06. The van der Waals surface area contributed by atoms with Crippen LogP contribution < -0.4 is 0 Å². The second kappa shape index (κ2) is 7.09. The number of hydrogen-bond acceptors (Lipinski definition) is 5.